The maximum Gasteiger partial charge on any atom is 0.357 e. The van der Waals surface area contributed by atoms with Crippen LogP contribution in [0.3, 0.4) is 0 Å². The largest absolute Gasteiger partial charge is 0.463 e. The van der Waals surface area contributed by atoms with Gasteiger partial charge in [-0.1, -0.05) is 6.92 Å². The van der Waals surface area contributed by atoms with Crippen LogP contribution in [0, 0.1) is 0 Å². The topological polar surface area (TPSA) is 84.5 Å². The Morgan fingerprint density at radius 2 is 2.18 bits per heavy atom. The molecule has 6 nitrogen and oxygen atoms in total. The number of alkyl halides is 1. The van der Waals surface area contributed by atoms with Crippen molar-refractivity contribution in [1.29, 1.82) is 0 Å². The van der Waals surface area contributed by atoms with Crippen LogP contribution in [0.2, 0.25) is 0 Å². The lowest BCUT2D eigenvalue weighted by molar-refractivity contribution is -0.163. The molecule has 1 rings (SSSR count). The van der Waals surface area contributed by atoms with Crippen molar-refractivity contribution in [2.45, 2.75) is 24.9 Å². The van der Waals surface area contributed by atoms with E-state index >= 15 is 0 Å². The molecule has 0 spiro atoms. The summed E-state index contributed by atoms with van der Waals surface area (Å²) in [6, 6.07) is -0.821. The molecule has 2 N–H and O–H groups in total. The molecule has 2 atom stereocenters. The Hall–Kier alpha value is -1.31. The summed E-state index contributed by atoms with van der Waals surface area (Å²) in [4.78, 5) is 34.0. The van der Waals surface area contributed by atoms with Gasteiger partial charge < -0.3 is 10.1 Å². The number of nitrogens with one attached hydrogen (secondary N) is 2. The fourth-order valence-electron chi connectivity index (χ4n) is 1.33. The highest BCUT2D eigenvalue weighted by Gasteiger charge is 2.58. The standard InChI is InChI=1S/C9H13FN2O4S/c1-3-16-7(14)9(10)5(13)11-8(15)12-6(9)17-4-2/h6H,3-4H2,1-2H3,(H2,11,12,13,15). The smallest absolute Gasteiger partial charge is 0.357 e. The van der Waals surface area contributed by atoms with Gasteiger partial charge in [0.1, 0.15) is 5.37 Å². The highest BCUT2D eigenvalue weighted by atomic mass is 32.2. The number of rotatable bonds is 4. The van der Waals surface area contributed by atoms with E-state index in [1.165, 1.54) is 6.92 Å². The van der Waals surface area contributed by atoms with E-state index in [2.05, 4.69) is 10.1 Å². The SMILES string of the molecule is CCOC(=O)C1(F)C(=O)NC(=O)NC1SCC. The highest BCUT2D eigenvalue weighted by molar-refractivity contribution is 8.00. The predicted octanol–water partition coefficient (Wildman–Crippen LogP) is 0.176. The van der Waals surface area contributed by atoms with Crippen molar-refractivity contribution in [3.05, 3.63) is 0 Å². The molecule has 0 aromatic heterocycles. The molecule has 0 aromatic rings. The van der Waals surface area contributed by atoms with Crippen LogP contribution in [0.4, 0.5) is 9.18 Å². The molecule has 0 aliphatic carbocycles. The van der Waals surface area contributed by atoms with Gasteiger partial charge in [0.15, 0.2) is 0 Å². The van der Waals surface area contributed by atoms with Crippen molar-refractivity contribution in [2.75, 3.05) is 12.4 Å². The van der Waals surface area contributed by atoms with E-state index < -0.39 is 29.0 Å². The van der Waals surface area contributed by atoms with Crippen LogP contribution in [0.5, 0.6) is 0 Å². The summed E-state index contributed by atoms with van der Waals surface area (Å²) >= 11 is 0.952. The van der Waals surface area contributed by atoms with Crippen LogP contribution < -0.4 is 10.6 Å². The summed E-state index contributed by atoms with van der Waals surface area (Å²) in [6.07, 6.45) is 0. The van der Waals surface area contributed by atoms with E-state index in [1.54, 1.807) is 12.2 Å². The molecular formula is C9H13FN2O4S. The van der Waals surface area contributed by atoms with Crippen molar-refractivity contribution in [1.82, 2.24) is 10.6 Å². The first-order chi connectivity index (χ1) is 7.96. The molecule has 0 radical (unpaired) electrons. The van der Waals surface area contributed by atoms with Crippen LogP contribution in [0.25, 0.3) is 0 Å². The minimum Gasteiger partial charge on any atom is -0.463 e. The third-order valence-electron chi connectivity index (χ3n) is 2.09. The minimum atomic E-state index is -2.88. The monoisotopic (exact) mass is 264 g/mol. The first-order valence-electron chi connectivity index (χ1n) is 5.06. The molecule has 0 saturated carbocycles. The van der Waals surface area contributed by atoms with Gasteiger partial charge in [-0.05, 0) is 12.7 Å². The fraction of sp³-hybridized carbons (Fsp3) is 0.667. The van der Waals surface area contributed by atoms with Gasteiger partial charge in [-0.25, -0.2) is 14.0 Å². The van der Waals surface area contributed by atoms with Crippen molar-refractivity contribution in [3.63, 3.8) is 0 Å². The molecule has 2 unspecified atom stereocenters. The average Bonchev–Trinajstić information content (AvgIpc) is 2.25. The van der Waals surface area contributed by atoms with Crippen LogP contribution in [0.1, 0.15) is 13.8 Å². The lowest BCUT2D eigenvalue weighted by atomic mass is 10.0. The number of halogens is 1. The Kier molecular flexibility index (Phi) is 4.33. The lowest BCUT2D eigenvalue weighted by Gasteiger charge is -2.33. The third-order valence-corrected chi connectivity index (χ3v) is 3.20. The molecule has 0 aromatic carbocycles. The quantitative estimate of drug-likeness (QED) is 0.559. The number of carbonyl (C=O) groups is 3. The van der Waals surface area contributed by atoms with Gasteiger partial charge in [-0.3, -0.25) is 10.1 Å². The molecular weight excluding hydrogens is 251 g/mol. The molecule has 1 aliphatic rings. The number of imide groups is 1. The van der Waals surface area contributed by atoms with Crippen LogP contribution in [0.15, 0.2) is 0 Å². The van der Waals surface area contributed by atoms with Crippen molar-refractivity contribution >= 4 is 29.7 Å². The number of carbonyl (C=O) groups excluding carboxylic acids is 3. The van der Waals surface area contributed by atoms with Gasteiger partial charge in [0.2, 0.25) is 0 Å². The number of hydrogen-bond donors (Lipinski definition) is 2. The second-order valence-electron chi connectivity index (χ2n) is 3.20. The van der Waals surface area contributed by atoms with Crippen LogP contribution >= 0.6 is 11.8 Å². The highest BCUT2D eigenvalue weighted by Crippen LogP contribution is 2.29. The van der Waals surface area contributed by atoms with Gasteiger partial charge in [0.25, 0.3) is 5.91 Å². The third kappa shape index (κ3) is 2.51. The summed E-state index contributed by atoms with van der Waals surface area (Å²) in [5.74, 6) is -2.14. The number of urea groups is 1. The lowest BCUT2D eigenvalue weighted by Crippen LogP contribution is -2.69. The van der Waals surface area contributed by atoms with Gasteiger partial charge in [0.05, 0.1) is 6.61 Å². The summed E-state index contributed by atoms with van der Waals surface area (Å²) in [5, 5.41) is 2.64. The number of esters is 1. The number of thioether (sulfide) groups is 1. The van der Waals surface area contributed by atoms with Crippen molar-refractivity contribution in [2.24, 2.45) is 0 Å². The van der Waals surface area contributed by atoms with E-state index in [-0.39, 0.29) is 6.61 Å². The molecule has 17 heavy (non-hydrogen) atoms. The Morgan fingerprint density at radius 3 is 2.71 bits per heavy atom. The number of ether oxygens (including phenoxy) is 1. The molecule has 1 aliphatic heterocycles. The molecule has 3 amide bonds. The second kappa shape index (κ2) is 5.35. The minimum absolute atomic E-state index is 0.0464. The zero-order chi connectivity index (χ0) is 13.1. The van der Waals surface area contributed by atoms with E-state index in [4.69, 9.17) is 0 Å². The summed E-state index contributed by atoms with van der Waals surface area (Å²) in [7, 11) is 0. The van der Waals surface area contributed by atoms with Crippen LogP contribution in [-0.4, -0.2) is 41.3 Å². The Balaban J connectivity index is 3.00. The first-order valence-corrected chi connectivity index (χ1v) is 6.11. The maximum absolute atomic E-state index is 14.4. The van der Waals surface area contributed by atoms with E-state index in [9.17, 15) is 18.8 Å². The molecule has 1 heterocycles. The van der Waals surface area contributed by atoms with Gasteiger partial charge in [-0.15, -0.1) is 11.8 Å². The first kappa shape index (κ1) is 13.8. The maximum atomic E-state index is 14.4. The second-order valence-corrected chi connectivity index (χ2v) is 4.58. The van der Waals surface area contributed by atoms with Gasteiger partial charge >= 0.3 is 17.7 Å². The molecule has 1 fully saturated rings. The molecule has 96 valence electrons. The fourth-order valence-corrected chi connectivity index (χ4v) is 2.28. The van der Waals surface area contributed by atoms with Gasteiger partial charge in [0, 0.05) is 0 Å². The summed E-state index contributed by atoms with van der Waals surface area (Å²) < 4.78 is 19.0. The Labute approximate surface area is 102 Å². The normalized spacial score (nSPS) is 28.3. The zero-order valence-electron chi connectivity index (χ0n) is 9.41. The van der Waals surface area contributed by atoms with Crippen LogP contribution in [-0.2, 0) is 14.3 Å². The van der Waals surface area contributed by atoms with Crippen molar-refractivity contribution < 1.29 is 23.5 Å². The molecule has 8 heteroatoms. The number of amides is 3. The van der Waals surface area contributed by atoms with Gasteiger partial charge in [-0.2, -0.15) is 0 Å². The summed E-state index contributed by atoms with van der Waals surface area (Å²) in [6.45, 7) is 3.17. The number of hydrogen-bond acceptors (Lipinski definition) is 5. The Morgan fingerprint density at radius 1 is 1.53 bits per heavy atom. The predicted molar refractivity (Wildman–Crippen MR) is 59.1 cm³/mol. The van der Waals surface area contributed by atoms with E-state index in [0.29, 0.717) is 5.75 Å². The Bertz CT molecular complexity index is 352. The van der Waals surface area contributed by atoms with E-state index in [0.717, 1.165) is 11.8 Å². The summed E-state index contributed by atoms with van der Waals surface area (Å²) in [5.41, 5.74) is -2.88. The molecule has 0 bridgehead atoms. The molecule has 1 saturated heterocycles. The van der Waals surface area contributed by atoms with Crippen molar-refractivity contribution in [3.8, 4) is 0 Å². The van der Waals surface area contributed by atoms with E-state index in [1.807, 2.05) is 0 Å². The average molecular weight is 264 g/mol. The zero-order valence-corrected chi connectivity index (χ0v) is 10.2.